The molecule has 4 rings (SSSR count). The Morgan fingerprint density at radius 1 is 1.04 bits per heavy atom. The molecule has 3 aliphatic heterocycles. The summed E-state index contributed by atoms with van der Waals surface area (Å²) in [7, 11) is 2.23. The first-order valence-corrected chi connectivity index (χ1v) is 10.6. The lowest BCUT2D eigenvalue weighted by atomic mass is 9.93. The second-order valence-corrected chi connectivity index (χ2v) is 8.33. The molecular weight excluding hydrogens is 338 g/mol. The van der Waals surface area contributed by atoms with Gasteiger partial charge < -0.3 is 19.4 Å². The molecule has 0 spiro atoms. The molecule has 2 unspecified atom stereocenters. The van der Waals surface area contributed by atoms with Gasteiger partial charge in [-0.3, -0.25) is 0 Å². The molecule has 1 aromatic carbocycles. The van der Waals surface area contributed by atoms with Crippen molar-refractivity contribution < 1.29 is 9.53 Å². The maximum atomic E-state index is 12.3. The van der Waals surface area contributed by atoms with E-state index in [-0.39, 0.29) is 6.09 Å². The zero-order chi connectivity index (χ0) is 18.8. The third-order valence-corrected chi connectivity index (χ3v) is 6.91. The van der Waals surface area contributed by atoms with E-state index < -0.39 is 0 Å². The lowest BCUT2D eigenvalue weighted by Crippen LogP contribution is -2.55. The number of para-hydroxylation sites is 1. The maximum Gasteiger partial charge on any atom is 0.410 e. The van der Waals surface area contributed by atoms with Crippen molar-refractivity contribution in [3.05, 3.63) is 30.3 Å². The van der Waals surface area contributed by atoms with Crippen LogP contribution in [0.3, 0.4) is 0 Å². The van der Waals surface area contributed by atoms with E-state index in [1.807, 2.05) is 6.92 Å². The van der Waals surface area contributed by atoms with Crippen LogP contribution in [-0.2, 0) is 4.74 Å². The first kappa shape index (κ1) is 18.6. The minimum atomic E-state index is -0.0911. The summed E-state index contributed by atoms with van der Waals surface area (Å²) in [4.78, 5) is 19.5. The molecule has 148 valence electrons. The zero-order valence-electron chi connectivity index (χ0n) is 16.7. The van der Waals surface area contributed by atoms with Gasteiger partial charge in [-0.15, -0.1) is 0 Å². The molecule has 2 bridgehead atoms. The predicted octanol–water partition coefficient (Wildman–Crippen LogP) is 3.74. The molecule has 3 saturated heterocycles. The highest BCUT2D eigenvalue weighted by atomic mass is 16.6. The van der Waals surface area contributed by atoms with Crippen LogP contribution in [0.25, 0.3) is 0 Å². The van der Waals surface area contributed by atoms with Crippen LogP contribution >= 0.6 is 0 Å². The average Bonchev–Trinajstić information content (AvgIpc) is 2.98. The van der Waals surface area contributed by atoms with Gasteiger partial charge in [0.25, 0.3) is 0 Å². The number of nitrogens with zero attached hydrogens (tertiary/aromatic N) is 3. The number of rotatable bonds is 4. The van der Waals surface area contributed by atoms with E-state index in [9.17, 15) is 4.79 Å². The van der Waals surface area contributed by atoms with Crippen molar-refractivity contribution >= 4 is 11.8 Å². The van der Waals surface area contributed by atoms with E-state index in [0.29, 0.717) is 30.8 Å². The zero-order valence-corrected chi connectivity index (χ0v) is 16.7. The van der Waals surface area contributed by atoms with Gasteiger partial charge in [-0.2, -0.15) is 0 Å². The number of hydrogen-bond donors (Lipinski definition) is 0. The highest BCUT2D eigenvalue weighted by Crippen LogP contribution is 2.39. The summed E-state index contributed by atoms with van der Waals surface area (Å²) in [6.45, 7) is 4.71. The fourth-order valence-electron chi connectivity index (χ4n) is 5.45. The van der Waals surface area contributed by atoms with Gasteiger partial charge in [-0.1, -0.05) is 18.2 Å². The standard InChI is InChI=1S/C22H33N3O2/c1-3-27-22(26)25-19-9-10-20(25)16-21(15-19)24-13-11-18(12-14-24)23(2)17-7-5-4-6-8-17/h4-8,18-21H,3,9-16H2,1-2H3. The number of ether oxygens (including phenoxy) is 1. The van der Waals surface area contributed by atoms with Gasteiger partial charge in [0.1, 0.15) is 0 Å². The molecular formula is C22H33N3O2. The summed E-state index contributed by atoms with van der Waals surface area (Å²) in [5.74, 6) is 0. The molecule has 0 radical (unpaired) electrons. The molecule has 0 aliphatic carbocycles. The number of carbonyl (C=O) groups is 1. The second-order valence-electron chi connectivity index (χ2n) is 8.33. The van der Waals surface area contributed by atoms with Crippen LogP contribution in [0.5, 0.6) is 0 Å². The number of hydrogen-bond acceptors (Lipinski definition) is 4. The molecule has 3 fully saturated rings. The van der Waals surface area contributed by atoms with Gasteiger partial charge in [-0.25, -0.2) is 4.79 Å². The number of benzene rings is 1. The van der Waals surface area contributed by atoms with Crippen LogP contribution in [-0.4, -0.2) is 66.8 Å². The lowest BCUT2D eigenvalue weighted by Gasteiger charge is -2.46. The van der Waals surface area contributed by atoms with Gasteiger partial charge in [0.15, 0.2) is 0 Å². The van der Waals surface area contributed by atoms with Gasteiger partial charge in [0.05, 0.1) is 6.61 Å². The van der Waals surface area contributed by atoms with E-state index in [0.717, 1.165) is 25.7 Å². The molecule has 5 heteroatoms. The van der Waals surface area contributed by atoms with Gasteiger partial charge in [-0.05, 0) is 57.6 Å². The lowest BCUT2D eigenvalue weighted by molar-refractivity contribution is 0.0342. The molecule has 0 saturated carbocycles. The first-order valence-electron chi connectivity index (χ1n) is 10.6. The van der Waals surface area contributed by atoms with Crippen molar-refractivity contribution in [2.24, 2.45) is 0 Å². The molecule has 3 aliphatic rings. The number of amides is 1. The minimum Gasteiger partial charge on any atom is -0.450 e. The Hall–Kier alpha value is -1.75. The molecule has 1 amide bonds. The summed E-state index contributed by atoms with van der Waals surface area (Å²) in [6, 6.07) is 12.8. The third kappa shape index (κ3) is 3.79. The Balaban J connectivity index is 1.31. The van der Waals surface area contributed by atoms with Crippen LogP contribution in [0, 0.1) is 0 Å². The number of piperidine rings is 2. The SMILES string of the molecule is CCOC(=O)N1C2CCC1CC(N1CCC(N(C)c3ccccc3)CC1)C2. The fourth-order valence-corrected chi connectivity index (χ4v) is 5.45. The monoisotopic (exact) mass is 371 g/mol. The Labute approximate surface area is 163 Å². The average molecular weight is 372 g/mol. The Kier molecular flexibility index (Phi) is 5.58. The third-order valence-electron chi connectivity index (χ3n) is 6.91. The molecule has 2 atom stereocenters. The summed E-state index contributed by atoms with van der Waals surface area (Å²) in [5, 5.41) is 0. The van der Waals surface area contributed by atoms with E-state index in [1.54, 1.807) is 0 Å². The van der Waals surface area contributed by atoms with Crippen molar-refractivity contribution in [2.45, 2.75) is 69.6 Å². The van der Waals surface area contributed by atoms with Crippen LogP contribution in [0.4, 0.5) is 10.5 Å². The van der Waals surface area contributed by atoms with Gasteiger partial charge >= 0.3 is 6.09 Å². The first-order chi connectivity index (χ1) is 13.2. The fraction of sp³-hybridized carbons (Fsp3) is 0.682. The van der Waals surface area contributed by atoms with Crippen molar-refractivity contribution in [3.63, 3.8) is 0 Å². The Morgan fingerprint density at radius 3 is 2.26 bits per heavy atom. The highest BCUT2D eigenvalue weighted by molar-refractivity contribution is 5.69. The largest absolute Gasteiger partial charge is 0.450 e. The van der Waals surface area contributed by atoms with Gasteiger partial charge in [0.2, 0.25) is 0 Å². The number of likely N-dealkylation sites (tertiary alicyclic amines) is 1. The second kappa shape index (κ2) is 8.09. The summed E-state index contributed by atoms with van der Waals surface area (Å²) >= 11 is 0. The number of anilines is 1. The van der Waals surface area contributed by atoms with E-state index in [1.165, 1.54) is 31.6 Å². The van der Waals surface area contributed by atoms with Crippen LogP contribution in [0.2, 0.25) is 0 Å². The normalized spacial score (nSPS) is 29.0. The van der Waals surface area contributed by atoms with Gasteiger partial charge in [0, 0.05) is 50.0 Å². The molecule has 5 nitrogen and oxygen atoms in total. The van der Waals surface area contributed by atoms with Crippen molar-refractivity contribution in [1.82, 2.24) is 9.80 Å². The predicted molar refractivity (Wildman–Crippen MR) is 108 cm³/mol. The van der Waals surface area contributed by atoms with Crippen molar-refractivity contribution in [3.8, 4) is 0 Å². The molecule has 0 aromatic heterocycles. The van der Waals surface area contributed by atoms with Crippen molar-refractivity contribution in [2.75, 3.05) is 31.6 Å². The molecule has 1 aromatic rings. The molecule has 0 N–H and O–H groups in total. The van der Waals surface area contributed by atoms with E-state index in [4.69, 9.17) is 4.74 Å². The quantitative estimate of drug-likeness (QED) is 0.808. The van der Waals surface area contributed by atoms with E-state index in [2.05, 4.69) is 52.1 Å². The topological polar surface area (TPSA) is 36.0 Å². The Morgan fingerprint density at radius 2 is 1.67 bits per heavy atom. The van der Waals surface area contributed by atoms with Crippen LogP contribution in [0.1, 0.15) is 45.4 Å². The maximum absolute atomic E-state index is 12.3. The van der Waals surface area contributed by atoms with E-state index >= 15 is 0 Å². The highest BCUT2D eigenvalue weighted by Gasteiger charge is 2.45. The van der Waals surface area contributed by atoms with Crippen molar-refractivity contribution in [1.29, 1.82) is 0 Å². The summed E-state index contributed by atoms with van der Waals surface area (Å²) < 4.78 is 5.29. The number of fused-ring (bicyclic) bond motifs is 2. The van der Waals surface area contributed by atoms with Crippen LogP contribution < -0.4 is 4.90 Å². The molecule has 3 heterocycles. The minimum absolute atomic E-state index is 0.0911. The molecule has 27 heavy (non-hydrogen) atoms. The Bertz CT molecular complexity index is 616. The summed E-state index contributed by atoms with van der Waals surface area (Å²) in [5.41, 5.74) is 1.32. The summed E-state index contributed by atoms with van der Waals surface area (Å²) in [6.07, 6.45) is 6.88. The van der Waals surface area contributed by atoms with Crippen LogP contribution in [0.15, 0.2) is 30.3 Å². The smallest absolute Gasteiger partial charge is 0.410 e. The number of carbonyl (C=O) groups excluding carboxylic acids is 1.